The fourth-order valence-corrected chi connectivity index (χ4v) is 4.81. The van der Waals surface area contributed by atoms with E-state index in [0.29, 0.717) is 40.4 Å². The van der Waals surface area contributed by atoms with Crippen LogP contribution in [0, 0.1) is 20.8 Å². The van der Waals surface area contributed by atoms with Crippen molar-refractivity contribution >= 4 is 45.5 Å². The molecular weight excluding hydrogens is 536 g/mol. The summed E-state index contributed by atoms with van der Waals surface area (Å²) in [6, 6.07) is 15.9. The Labute approximate surface area is 224 Å². The predicted molar refractivity (Wildman–Crippen MR) is 146 cm³/mol. The number of para-hydroxylation sites is 1. The molecule has 0 unspecified atom stereocenters. The molecule has 0 bridgehead atoms. The smallest absolute Gasteiger partial charge is 0.335 e. The molecule has 190 valence electrons. The number of carbonyl (C=O) groups excluding carboxylic acids is 3. The van der Waals surface area contributed by atoms with Crippen LogP contribution in [0.3, 0.4) is 0 Å². The number of nitrogens with zero attached hydrogens (tertiary/aromatic N) is 1. The molecule has 1 fully saturated rings. The highest BCUT2D eigenvalue weighted by Gasteiger charge is 2.37. The Kier molecular flexibility index (Phi) is 7.78. The molecule has 37 heavy (non-hydrogen) atoms. The molecule has 1 aliphatic rings. The van der Waals surface area contributed by atoms with Crippen molar-refractivity contribution in [2.75, 3.05) is 11.5 Å². The standard InChI is InChI=1S/C29H27BrN2O5/c1-5-36-25-15-20(14-23(30)26(25)37-16-21-11-17(2)10-18(3)12-21)13-22-27(33)31-29(35)32(28(22)34)24-9-7-6-8-19(24)4/h6-15H,5,16H2,1-4H3,(H,31,33,35)/b22-13+. The number of nitrogens with one attached hydrogen (secondary N) is 1. The Balaban J connectivity index is 1.67. The normalized spacial score (nSPS) is 14.7. The molecule has 7 nitrogen and oxygen atoms in total. The van der Waals surface area contributed by atoms with Crippen LogP contribution in [-0.2, 0) is 16.2 Å². The monoisotopic (exact) mass is 562 g/mol. The summed E-state index contributed by atoms with van der Waals surface area (Å²) >= 11 is 3.55. The van der Waals surface area contributed by atoms with Crippen molar-refractivity contribution in [2.24, 2.45) is 0 Å². The summed E-state index contributed by atoms with van der Waals surface area (Å²) in [5.74, 6) is -0.487. The average Bonchev–Trinajstić information content (AvgIpc) is 2.82. The van der Waals surface area contributed by atoms with Crippen molar-refractivity contribution < 1.29 is 23.9 Å². The number of barbiturate groups is 1. The Morgan fingerprint density at radius 3 is 2.32 bits per heavy atom. The van der Waals surface area contributed by atoms with Crippen LogP contribution in [-0.4, -0.2) is 24.5 Å². The minimum atomic E-state index is -0.784. The van der Waals surface area contributed by atoms with Crippen LogP contribution in [0.25, 0.3) is 6.08 Å². The van der Waals surface area contributed by atoms with Crippen LogP contribution in [0.2, 0.25) is 0 Å². The summed E-state index contributed by atoms with van der Waals surface area (Å²) in [5, 5.41) is 2.26. The highest BCUT2D eigenvalue weighted by Crippen LogP contribution is 2.38. The predicted octanol–water partition coefficient (Wildman–Crippen LogP) is 6.02. The number of hydrogen-bond acceptors (Lipinski definition) is 5. The van der Waals surface area contributed by atoms with Crippen molar-refractivity contribution in [3.8, 4) is 11.5 Å². The van der Waals surface area contributed by atoms with Gasteiger partial charge in [-0.3, -0.25) is 14.9 Å². The quantitative estimate of drug-likeness (QED) is 0.281. The van der Waals surface area contributed by atoms with Crippen molar-refractivity contribution in [1.82, 2.24) is 5.32 Å². The molecule has 4 rings (SSSR count). The highest BCUT2D eigenvalue weighted by molar-refractivity contribution is 9.10. The van der Waals surface area contributed by atoms with E-state index < -0.39 is 17.8 Å². The molecule has 1 aliphatic heterocycles. The van der Waals surface area contributed by atoms with Crippen LogP contribution in [0.5, 0.6) is 11.5 Å². The van der Waals surface area contributed by atoms with Gasteiger partial charge >= 0.3 is 6.03 Å². The number of amides is 4. The maximum atomic E-state index is 13.3. The van der Waals surface area contributed by atoms with Crippen LogP contribution in [0.15, 0.2) is 64.6 Å². The first kappa shape index (κ1) is 26.2. The summed E-state index contributed by atoms with van der Waals surface area (Å²) < 4.78 is 12.5. The molecule has 4 amide bonds. The second-order valence-corrected chi connectivity index (χ2v) is 9.65. The topological polar surface area (TPSA) is 84.9 Å². The molecule has 3 aromatic carbocycles. The summed E-state index contributed by atoms with van der Waals surface area (Å²) in [7, 11) is 0. The number of hydrogen-bond donors (Lipinski definition) is 1. The van der Waals surface area contributed by atoms with Crippen molar-refractivity contribution in [3.05, 3.63) is 92.5 Å². The van der Waals surface area contributed by atoms with E-state index in [9.17, 15) is 14.4 Å². The first-order chi connectivity index (χ1) is 17.7. The fourth-order valence-electron chi connectivity index (χ4n) is 4.24. The number of imide groups is 2. The van der Waals surface area contributed by atoms with Gasteiger partial charge in [-0.2, -0.15) is 0 Å². The van der Waals surface area contributed by atoms with E-state index in [1.807, 2.05) is 26.8 Å². The van der Waals surface area contributed by atoms with Gasteiger partial charge in [0.1, 0.15) is 12.2 Å². The number of anilines is 1. The largest absolute Gasteiger partial charge is 0.490 e. The summed E-state index contributed by atoms with van der Waals surface area (Å²) in [6.07, 6.45) is 1.44. The molecule has 0 aromatic heterocycles. The van der Waals surface area contributed by atoms with E-state index in [2.05, 4.69) is 39.4 Å². The SMILES string of the molecule is CCOc1cc(/C=C2\C(=O)NC(=O)N(c3ccccc3C)C2=O)cc(Br)c1OCc1cc(C)cc(C)c1. The highest BCUT2D eigenvalue weighted by atomic mass is 79.9. The van der Waals surface area contributed by atoms with Crippen molar-refractivity contribution in [1.29, 1.82) is 0 Å². The molecule has 0 aliphatic carbocycles. The first-order valence-electron chi connectivity index (χ1n) is 11.8. The van der Waals surface area contributed by atoms with Gasteiger partial charge < -0.3 is 9.47 Å². The molecule has 0 saturated carbocycles. The van der Waals surface area contributed by atoms with Gasteiger partial charge in [0.25, 0.3) is 11.8 Å². The molecule has 0 atom stereocenters. The Morgan fingerprint density at radius 2 is 1.65 bits per heavy atom. The Morgan fingerprint density at radius 1 is 0.946 bits per heavy atom. The lowest BCUT2D eigenvalue weighted by Crippen LogP contribution is -2.54. The molecule has 1 saturated heterocycles. The van der Waals surface area contributed by atoms with Crippen LogP contribution in [0.1, 0.15) is 34.7 Å². The van der Waals surface area contributed by atoms with E-state index in [1.165, 1.54) is 6.08 Å². The van der Waals surface area contributed by atoms with Crippen LogP contribution < -0.4 is 19.7 Å². The number of benzene rings is 3. The van der Waals surface area contributed by atoms with Gasteiger partial charge in [0.2, 0.25) is 0 Å². The number of aryl methyl sites for hydroxylation is 3. The van der Waals surface area contributed by atoms with Crippen molar-refractivity contribution in [3.63, 3.8) is 0 Å². The maximum absolute atomic E-state index is 13.3. The number of carbonyl (C=O) groups is 3. The van der Waals surface area contributed by atoms with Crippen molar-refractivity contribution in [2.45, 2.75) is 34.3 Å². The second kappa shape index (κ2) is 11.0. The van der Waals surface area contributed by atoms with Gasteiger partial charge in [0, 0.05) is 0 Å². The van der Waals surface area contributed by atoms with E-state index in [4.69, 9.17) is 9.47 Å². The summed E-state index contributed by atoms with van der Waals surface area (Å²) in [4.78, 5) is 39.4. The van der Waals surface area contributed by atoms with E-state index in [1.54, 1.807) is 37.3 Å². The molecular formula is C29H27BrN2O5. The zero-order valence-electron chi connectivity index (χ0n) is 21.1. The Bertz CT molecular complexity index is 1410. The zero-order valence-corrected chi connectivity index (χ0v) is 22.6. The fraction of sp³-hybridized carbons (Fsp3) is 0.207. The summed E-state index contributed by atoms with van der Waals surface area (Å²) in [5.41, 5.74) is 4.84. The third-order valence-corrected chi connectivity index (χ3v) is 6.35. The number of ether oxygens (including phenoxy) is 2. The van der Waals surface area contributed by atoms with Crippen LogP contribution >= 0.6 is 15.9 Å². The molecule has 0 spiro atoms. The minimum absolute atomic E-state index is 0.166. The number of urea groups is 1. The lowest BCUT2D eigenvalue weighted by molar-refractivity contribution is -0.122. The third kappa shape index (κ3) is 5.75. The van der Waals surface area contributed by atoms with Gasteiger partial charge in [0.15, 0.2) is 11.5 Å². The zero-order chi connectivity index (χ0) is 26.7. The maximum Gasteiger partial charge on any atom is 0.335 e. The molecule has 3 aromatic rings. The minimum Gasteiger partial charge on any atom is -0.490 e. The lowest BCUT2D eigenvalue weighted by atomic mass is 10.1. The molecule has 1 heterocycles. The average molecular weight is 563 g/mol. The van der Waals surface area contributed by atoms with Crippen LogP contribution in [0.4, 0.5) is 10.5 Å². The van der Waals surface area contributed by atoms with Gasteiger partial charge in [-0.05, 0) is 84.6 Å². The second-order valence-electron chi connectivity index (χ2n) is 8.79. The first-order valence-corrected chi connectivity index (χ1v) is 12.6. The van der Waals surface area contributed by atoms with Gasteiger partial charge in [-0.25, -0.2) is 9.69 Å². The van der Waals surface area contributed by atoms with E-state index >= 15 is 0 Å². The molecule has 0 radical (unpaired) electrons. The number of rotatable bonds is 7. The van der Waals surface area contributed by atoms with E-state index in [0.717, 1.165) is 27.2 Å². The lowest BCUT2D eigenvalue weighted by Gasteiger charge is -2.27. The van der Waals surface area contributed by atoms with Gasteiger partial charge in [0.05, 0.1) is 16.8 Å². The Hall–Kier alpha value is -3.91. The molecule has 8 heteroatoms. The van der Waals surface area contributed by atoms with Gasteiger partial charge in [-0.15, -0.1) is 0 Å². The third-order valence-electron chi connectivity index (χ3n) is 5.77. The van der Waals surface area contributed by atoms with E-state index in [-0.39, 0.29) is 5.57 Å². The molecule has 1 N–H and O–H groups in total. The number of halogens is 1. The summed E-state index contributed by atoms with van der Waals surface area (Å²) in [6.45, 7) is 8.46. The van der Waals surface area contributed by atoms with Gasteiger partial charge in [-0.1, -0.05) is 47.5 Å².